The number of hydrogen-bond donors (Lipinski definition) is 2. The van der Waals surface area contributed by atoms with Gasteiger partial charge >= 0.3 is 0 Å². The molecule has 0 bridgehead atoms. The molecule has 3 heterocycles. The monoisotopic (exact) mass is 405 g/mol. The summed E-state index contributed by atoms with van der Waals surface area (Å²) in [7, 11) is 0. The summed E-state index contributed by atoms with van der Waals surface area (Å²) in [6.07, 6.45) is 4.35. The molecule has 3 N–H and O–H groups in total. The van der Waals surface area contributed by atoms with Gasteiger partial charge in [-0.05, 0) is 50.3 Å². The molecule has 0 aromatic carbocycles. The number of nitrogens with two attached hydrogens (primary N) is 1. The Morgan fingerprint density at radius 2 is 2.04 bits per heavy atom. The first-order valence-corrected chi connectivity index (χ1v) is 10.4. The van der Waals surface area contributed by atoms with Crippen LogP contribution in [0.5, 0.6) is 0 Å². The Morgan fingerprint density at radius 1 is 1.36 bits per heavy atom. The minimum atomic E-state index is 0.000474. The smallest absolute Gasteiger partial charge is 0.224 e. The number of nitrogen functional groups attached to an aromatic ring is 1. The number of hydrogen-bond acceptors (Lipinski definition) is 4. The minimum absolute atomic E-state index is 0.000474. The summed E-state index contributed by atoms with van der Waals surface area (Å²) in [6.45, 7) is 12.8. The Bertz CT molecular complexity index is 847. The van der Waals surface area contributed by atoms with E-state index in [9.17, 15) is 4.79 Å². The highest BCUT2D eigenvalue weighted by atomic mass is 35.5. The number of aromatic nitrogens is 2. The number of rotatable bonds is 5. The van der Waals surface area contributed by atoms with E-state index in [4.69, 9.17) is 17.3 Å². The molecule has 7 heteroatoms. The van der Waals surface area contributed by atoms with E-state index in [1.54, 1.807) is 10.5 Å². The third-order valence-electron chi connectivity index (χ3n) is 5.26. The van der Waals surface area contributed by atoms with Crippen LogP contribution in [0.4, 0.5) is 5.82 Å². The molecule has 1 amide bonds. The number of carbonyl (C=O) groups is 1. The van der Waals surface area contributed by atoms with Gasteiger partial charge in [0.2, 0.25) is 5.91 Å². The summed E-state index contributed by atoms with van der Waals surface area (Å²) in [4.78, 5) is 19.5. The molecule has 1 fully saturated rings. The number of nitrogens with one attached hydrogen (secondary N) is 1. The highest BCUT2D eigenvalue weighted by Gasteiger charge is 2.23. The van der Waals surface area contributed by atoms with Gasteiger partial charge in [0, 0.05) is 24.8 Å². The Kier molecular flexibility index (Phi) is 6.20. The lowest BCUT2D eigenvalue weighted by molar-refractivity contribution is -0.120. The molecular formula is C21H32ClN5O. The number of nitrogens with zero attached hydrogens (tertiary/aromatic N) is 3. The molecule has 0 atom stereocenters. The van der Waals surface area contributed by atoms with E-state index in [2.05, 4.69) is 36.0 Å². The molecule has 154 valence electrons. The number of amides is 1. The number of fused-ring (bicyclic) bond motifs is 1. The van der Waals surface area contributed by atoms with Crippen molar-refractivity contribution in [3.63, 3.8) is 0 Å². The maximum absolute atomic E-state index is 12.5. The van der Waals surface area contributed by atoms with Crippen molar-refractivity contribution in [2.75, 3.05) is 31.9 Å². The van der Waals surface area contributed by atoms with Crippen LogP contribution in [0.25, 0.3) is 5.65 Å². The average Bonchev–Trinajstić information content (AvgIpc) is 3.00. The van der Waals surface area contributed by atoms with Crippen LogP contribution in [-0.2, 0) is 11.2 Å². The maximum Gasteiger partial charge on any atom is 0.224 e. The second-order valence-electron chi connectivity index (χ2n) is 9.24. The number of likely N-dealkylation sites (tertiary alicyclic amines) is 1. The zero-order valence-corrected chi connectivity index (χ0v) is 18.1. The van der Waals surface area contributed by atoms with Gasteiger partial charge < -0.3 is 16.0 Å². The van der Waals surface area contributed by atoms with E-state index in [0.717, 1.165) is 50.3 Å². The fourth-order valence-electron chi connectivity index (χ4n) is 3.96. The molecule has 28 heavy (non-hydrogen) atoms. The van der Waals surface area contributed by atoms with Gasteiger partial charge in [0.25, 0.3) is 0 Å². The molecule has 0 radical (unpaired) electrons. The third kappa shape index (κ3) is 5.17. The molecule has 0 aliphatic carbocycles. The van der Waals surface area contributed by atoms with Crippen LogP contribution in [0.1, 0.15) is 44.9 Å². The van der Waals surface area contributed by atoms with Crippen LogP contribution in [0.15, 0.2) is 12.3 Å². The van der Waals surface area contributed by atoms with Crippen molar-refractivity contribution in [3.8, 4) is 0 Å². The number of halogens is 1. The third-order valence-corrected chi connectivity index (χ3v) is 5.57. The Hall–Kier alpha value is -1.79. The first kappa shape index (κ1) is 20.9. The number of pyridine rings is 1. The second kappa shape index (κ2) is 8.29. The van der Waals surface area contributed by atoms with Crippen molar-refractivity contribution in [1.29, 1.82) is 0 Å². The lowest BCUT2D eigenvalue weighted by Gasteiger charge is -2.36. The van der Waals surface area contributed by atoms with Gasteiger partial charge in [-0.1, -0.05) is 32.4 Å². The molecule has 1 aliphatic heterocycles. The van der Waals surface area contributed by atoms with Crippen molar-refractivity contribution < 1.29 is 4.79 Å². The predicted molar refractivity (Wildman–Crippen MR) is 115 cm³/mol. The standard InChI is InChI=1S/C21H32ClN5O/c1-14-12-27-19(23)17(22)9-16(20(27)25-14)10-18(28)24-11-15-5-7-26(8-6-15)13-21(2,3)4/h9,12,15H,5-8,10-11,13,23H2,1-4H3,(H,24,28). The first-order chi connectivity index (χ1) is 13.1. The summed E-state index contributed by atoms with van der Waals surface area (Å²) in [5.41, 5.74) is 8.69. The van der Waals surface area contributed by atoms with Crippen LogP contribution in [0, 0.1) is 18.3 Å². The van der Waals surface area contributed by atoms with Gasteiger partial charge in [-0.15, -0.1) is 0 Å². The fourth-order valence-corrected chi connectivity index (χ4v) is 4.18. The minimum Gasteiger partial charge on any atom is -0.384 e. The maximum atomic E-state index is 12.5. The Balaban J connectivity index is 1.53. The van der Waals surface area contributed by atoms with Crippen molar-refractivity contribution in [2.45, 2.75) is 47.0 Å². The zero-order chi connectivity index (χ0) is 20.5. The van der Waals surface area contributed by atoms with Crippen molar-refractivity contribution in [1.82, 2.24) is 19.6 Å². The van der Waals surface area contributed by atoms with Crippen LogP contribution in [0.3, 0.4) is 0 Å². The van der Waals surface area contributed by atoms with E-state index < -0.39 is 0 Å². The molecule has 0 saturated carbocycles. The number of anilines is 1. The highest BCUT2D eigenvalue weighted by Crippen LogP contribution is 2.25. The summed E-state index contributed by atoms with van der Waals surface area (Å²) in [6, 6.07) is 1.75. The number of aryl methyl sites for hydroxylation is 1. The van der Waals surface area contributed by atoms with Crippen molar-refractivity contribution in [3.05, 3.63) is 28.5 Å². The molecule has 2 aromatic rings. The topological polar surface area (TPSA) is 75.7 Å². The first-order valence-electron chi connectivity index (χ1n) is 10.0. The quantitative estimate of drug-likeness (QED) is 0.800. The lowest BCUT2D eigenvalue weighted by Crippen LogP contribution is -2.42. The van der Waals surface area contributed by atoms with Crippen LogP contribution >= 0.6 is 11.6 Å². The number of piperidine rings is 1. The van der Waals surface area contributed by atoms with Crippen LogP contribution in [0.2, 0.25) is 5.02 Å². The van der Waals surface area contributed by atoms with E-state index in [1.807, 2.05) is 13.1 Å². The van der Waals surface area contributed by atoms with Crippen LogP contribution < -0.4 is 11.1 Å². The van der Waals surface area contributed by atoms with Gasteiger partial charge in [0.05, 0.1) is 17.1 Å². The normalized spacial score (nSPS) is 16.6. The van der Waals surface area contributed by atoms with Gasteiger partial charge in [-0.25, -0.2) is 4.98 Å². The number of imidazole rings is 1. The predicted octanol–water partition coefficient (Wildman–Crippen LogP) is 3.30. The highest BCUT2D eigenvalue weighted by molar-refractivity contribution is 6.33. The molecule has 0 unspecified atom stereocenters. The van der Waals surface area contributed by atoms with E-state index in [-0.39, 0.29) is 12.3 Å². The summed E-state index contributed by atoms with van der Waals surface area (Å²) in [5.74, 6) is 0.993. The fraction of sp³-hybridized carbons (Fsp3) is 0.619. The van der Waals surface area contributed by atoms with Crippen molar-refractivity contribution >= 4 is 29.0 Å². The van der Waals surface area contributed by atoms with E-state index in [0.29, 0.717) is 27.8 Å². The Labute approximate surface area is 172 Å². The van der Waals surface area contributed by atoms with Gasteiger partial charge in [0.1, 0.15) is 11.5 Å². The molecule has 1 aliphatic rings. The molecule has 0 spiro atoms. The average molecular weight is 406 g/mol. The Morgan fingerprint density at radius 3 is 2.68 bits per heavy atom. The lowest BCUT2D eigenvalue weighted by atomic mass is 9.92. The SMILES string of the molecule is Cc1cn2c(N)c(Cl)cc(CC(=O)NCC3CCN(CC(C)(C)C)CC3)c2n1. The molecule has 1 saturated heterocycles. The molecule has 6 nitrogen and oxygen atoms in total. The molecular weight excluding hydrogens is 374 g/mol. The largest absolute Gasteiger partial charge is 0.384 e. The zero-order valence-electron chi connectivity index (χ0n) is 17.4. The molecule has 2 aromatic heterocycles. The van der Waals surface area contributed by atoms with Gasteiger partial charge in [-0.3, -0.25) is 9.20 Å². The summed E-state index contributed by atoms with van der Waals surface area (Å²) < 4.78 is 1.76. The van der Waals surface area contributed by atoms with Crippen molar-refractivity contribution in [2.24, 2.45) is 11.3 Å². The second-order valence-corrected chi connectivity index (χ2v) is 9.65. The van der Waals surface area contributed by atoms with E-state index >= 15 is 0 Å². The number of carbonyl (C=O) groups excluding carboxylic acids is 1. The van der Waals surface area contributed by atoms with Gasteiger partial charge in [-0.2, -0.15) is 0 Å². The van der Waals surface area contributed by atoms with E-state index in [1.165, 1.54) is 0 Å². The summed E-state index contributed by atoms with van der Waals surface area (Å²) in [5, 5.41) is 3.54. The summed E-state index contributed by atoms with van der Waals surface area (Å²) >= 11 is 6.23. The van der Waals surface area contributed by atoms with Crippen LogP contribution in [-0.4, -0.2) is 46.4 Å². The molecule has 3 rings (SSSR count). The van der Waals surface area contributed by atoms with Gasteiger partial charge in [0.15, 0.2) is 0 Å².